The molecule has 1 heterocycles. The molecule has 0 spiro atoms. The molecule has 0 aromatic carbocycles. The van der Waals surface area contributed by atoms with Gasteiger partial charge in [0.2, 0.25) is 11.8 Å². The van der Waals surface area contributed by atoms with E-state index in [0.717, 1.165) is 6.54 Å². The minimum atomic E-state index is -0.0113. The molecule has 0 bridgehead atoms. The summed E-state index contributed by atoms with van der Waals surface area (Å²) in [5.74, 6) is 0.870. The van der Waals surface area contributed by atoms with Gasteiger partial charge in [-0.2, -0.15) is 0 Å². The summed E-state index contributed by atoms with van der Waals surface area (Å²) in [6, 6.07) is 0. The van der Waals surface area contributed by atoms with Crippen LogP contribution in [0.5, 0.6) is 0 Å². The molecule has 1 aliphatic heterocycles. The number of carbonyl (C=O) groups is 2. The third-order valence-corrected chi connectivity index (χ3v) is 3.43. The lowest BCUT2D eigenvalue weighted by molar-refractivity contribution is -0.129. The van der Waals surface area contributed by atoms with Crippen molar-refractivity contribution in [3.63, 3.8) is 0 Å². The number of carbonyl (C=O) groups excluding carboxylic acids is 2. The van der Waals surface area contributed by atoms with E-state index in [1.807, 2.05) is 0 Å². The molecule has 2 N–H and O–H groups in total. The second-order valence-corrected chi connectivity index (χ2v) is 4.58. The van der Waals surface area contributed by atoms with Crippen LogP contribution in [0.15, 0.2) is 0 Å². The van der Waals surface area contributed by atoms with Crippen LogP contribution in [0.4, 0.5) is 0 Å². The fourth-order valence-corrected chi connectivity index (χ4v) is 2.04. The Morgan fingerprint density at radius 3 is 2.73 bits per heavy atom. The van der Waals surface area contributed by atoms with Gasteiger partial charge in [0.05, 0.1) is 5.92 Å². The van der Waals surface area contributed by atoms with E-state index < -0.39 is 0 Å². The molecule has 1 saturated carbocycles. The Morgan fingerprint density at radius 1 is 1.40 bits per heavy atom. The Balaban J connectivity index is 1.68. The van der Waals surface area contributed by atoms with Crippen LogP contribution in [0.25, 0.3) is 0 Å². The van der Waals surface area contributed by atoms with Crippen LogP contribution in [0.2, 0.25) is 0 Å². The van der Waals surface area contributed by atoms with Gasteiger partial charge in [0.15, 0.2) is 0 Å². The van der Waals surface area contributed by atoms with Crippen molar-refractivity contribution in [2.45, 2.75) is 32.1 Å². The van der Waals surface area contributed by atoms with Gasteiger partial charge in [0.1, 0.15) is 0 Å². The first-order valence-corrected chi connectivity index (χ1v) is 5.80. The average molecular weight is 210 g/mol. The molecule has 4 nitrogen and oxygen atoms in total. The van der Waals surface area contributed by atoms with Gasteiger partial charge < -0.3 is 10.6 Å². The van der Waals surface area contributed by atoms with Crippen molar-refractivity contribution in [1.29, 1.82) is 0 Å². The number of hydrogen-bond donors (Lipinski definition) is 2. The molecule has 0 radical (unpaired) electrons. The third-order valence-electron chi connectivity index (χ3n) is 3.43. The first-order chi connectivity index (χ1) is 7.25. The van der Waals surface area contributed by atoms with Crippen molar-refractivity contribution in [2.24, 2.45) is 11.8 Å². The number of rotatable bonds is 3. The topological polar surface area (TPSA) is 58.2 Å². The number of amides is 2. The van der Waals surface area contributed by atoms with Crippen LogP contribution in [-0.4, -0.2) is 24.9 Å². The van der Waals surface area contributed by atoms with Crippen molar-refractivity contribution in [3.05, 3.63) is 0 Å². The molecular weight excluding hydrogens is 192 g/mol. The molecule has 2 rings (SSSR count). The minimum absolute atomic E-state index is 0.0113. The zero-order chi connectivity index (χ0) is 10.7. The maximum atomic E-state index is 11.7. The van der Waals surface area contributed by atoms with E-state index in [2.05, 4.69) is 10.6 Å². The van der Waals surface area contributed by atoms with Crippen molar-refractivity contribution in [1.82, 2.24) is 10.6 Å². The highest BCUT2D eigenvalue weighted by molar-refractivity contribution is 5.83. The van der Waals surface area contributed by atoms with Gasteiger partial charge in [0.25, 0.3) is 0 Å². The Labute approximate surface area is 89.8 Å². The van der Waals surface area contributed by atoms with Crippen LogP contribution < -0.4 is 10.6 Å². The number of piperidine rings is 1. The SMILES string of the molecule is O=C1CCC(C(=O)NCC2CCC2)CN1. The van der Waals surface area contributed by atoms with Crippen LogP contribution in [0.1, 0.15) is 32.1 Å². The first-order valence-electron chi connectivity index (χ1n) is 5.80. The molecule has 1 aliphatic carbocycles. The van der Waals surface area contributed by atoms with E-state index in [9.17, 15) is 9.59 Å². The molecule has 2 aliphatic rings. The van der Waals surface area contributed by atoms with E-state index in [4.69, 9.17) is 0 Å². The van der Waals surface area contributed by atoms with Gasteiger partial charge in [-0.1, -0.05) is 6.42 Å². The van der Waals surface area contributed by atoms with E-state index in [1.54, 1.807) is 0 Å². The van der Waals surface area contributed by atoms with Gasteiger partial charge in [-0.05, 0) is 25.2 Å². The van der Waals surface area contributed by atoms with Crippen LogP contribution in [0.3, 0.4) is 0 Å². The van der Waals surface area contributed by atoms with Crippen molar-refractivity contribution >= 4 is 11.8 Å². The molecule has 2 amide bonds. The zero-order valence-corrected chi connectivity index (χ0v) is 8.92. The monoisotopic (exact) mass is 210 g/mol. The van der Waals surface area contributed by atoms with Crippen molar-refractivity contribution < 1.29 is 9.59 Å². The highest BCUT2D eigenvalue weighted by atomic mass is 16.2. The van der Waals surface area contributed by atoms with E-state index in [1.165, 1.54) is 19.3 Å². The lowest BCUT2D eigenvalue weighted by atomic mass is 9.85. The maximum absolute atomic E-state index is 11.7. The fraction of sp³-hybridized carbons (Fsp3) is 0.818. The summed E-state index contributed by atoms with van der Waals surface area (Å²) in [5.41, 5.74) is 0. The summed E-state index contributed by atoms with van der Waals surface area (Å²) >= 11 is 0. The van der Waals surface area contributed by atoms with Gasteiger partial charge in [-0.15, -0.1) is 0 Å². The molecule has 4 heteroatoms. The van der Waals surface area contributed by atoms with Gasteiger partial charge in [-0.25, -0.2) is 0 Å². The summed E-state index contributed by atoms with van der Waals surface area (Å²) in [5, 5.41) is 5.71. The lowest BCUT2D eigenvalue weighted by Gasteiger charge is -2.27. The van der Waals surface area contributed by atoms with E-state index >= 15 is 0 Å². The molecule has 15 heavy (non-hydrogen) atoms. The average Bonchev–Trinajstić information content (AvgIpc) is 2.16. The second-order valence-electron chi connectivity index (χ2n) is 4.58. The third kappa shape index (κ3) is 2.70. The Morgan fingerprint density at radius 2 is 2.20 bits per heavy atom. The zero-order valence-electron chi connectivity index (χ0n) is 8.92. The predicted octanol–water partition coefficient (Wildman–Crippen LogP) is 0.429. The van der Waals surface area contributed by atoms with Crippen molar-refractivity contribution in [3.8, 4) is 0 Å². The normalized spacial score (nSPS) is 26.7. The van der Waals surface area contributed by atoms with Gasteiger partial charge >= 0.3 is 0 Å². The smallest absolute Gasteiger partial charge is 0.224 e. The van der Waals surface area contributed by atoms with Crippen LogP contribution >= 0.6 is 0 Å². The molecule has 2 fully saturated rings. The number of hydrogen-bond acceptors (Lipinski definition) is 2. The van der Waals surface area contributed by atoms with Crippen molar-refractivity contribution in [2.75, 3.05) is 13.1 Å². The Bertz CT molecular complexity index is 251. The van der Waals surface area contributed by atoms with Gasteiger partial charge in [-0.3, -0.25) is 9.59 Å². The van der Waals surface area contributed by atoms with Crippen LogP contribution in [-0.2, 0) is 9.59 Å². The summed E-state index contributed by atoms with van der Waals surface area (Å²) in [6.45, 7) is 1.33. The Hall–Kier alpha value is -1.06. The minimum Gasteiger partial charge on any atom is -0.356 e. The molecular formula is C11H18N2O2. The molecule has 1 atom stereocenters. The largest absolute Gasteiger partial charge is 0.356 e. The van der Waals surface area contributed by atoms with E-state index in [-0.39, 0.29) is 17.7 Å². The summed E-state index contributed by atoms with van der Waals surface area (Å²) < 4.78 is 0. The highest BCUT2D eigenvalue weighted by Crippen LogP contribution is 2.25. The molecule has 1 saturated heterocycles. The van der Waals surface area contributed by atoms with Crippen LogP contribution in [0, 0.1) is 11.8 Å². The molecule has 84 valence electrons. The fourth-order valence-electron chi connectivity index (χ4n) is 2.04. The Kier molecular flexibility index (Phi) is 3.23. The lowest BCUT2D eigenvalue weighted by Crippen LogP contribution is -2.44. The van der Waals surface area contributed by atoms with Gasteiger partial charge in [0, 0.05) is 19.5 Å². The predicted molar refractivity (Wildman–Crippen MR) is 56.1 cm³/mol. The summed E-state index contributed by atoms with van der Waals surface area (Å²) in [4.78, 5) is 22.6. The molecule has 1 unspecified atom stereocenters. The quantitative estimate of drug-likeness (QED) is 0.709. The second kappa shape index (κ2) is 4.64. The molecule has 0 aromatic heterocycles. The maximum Gasteiger partial charge on any atom is 0.224 e. The van der Waals surface area contributed by atoms with E-state index in [0.29, 0.717) is 25.3 Å². The molecule has 0 aromatic rings. The highest BCUT2D eigenvalue weighted by Gasteiger charge is 2.25. The summed E-state index contributed by atoms with van der Waals surface area (Å²) in [6.07, 6.45) is 4.99. The summed E-state index contributed by atoms with van der Waals surface area (Å²) in [7, 11) is 0. The number of nitrogens with one attached hydrogen (secondary N) is 2. The first kappa shape index (κ1) is 10.5. The standard InChI is InChI=1S/C11H18N2O2/c14-10-5-4-9(7-12-10)11(15)13-6-8-2-1-3-8/h8-9H,1-7H2,(H,12,14)(H,13,15).